The van der Waals surface area contributed by atoms with Crippen LogP contribution in [0.2, 0.25) is 0 Å². The van der Waals surface area contributed by atoms with Crippen LogP contribution >= 0.6 is 0 Å². The van der Waals surface area contributed by atoms with E-state index >= 15 is 0 Å². The van der Waals surface area contributed by atoms with Crippen LogP contribution in [0.15, 0.2) is 72.8 Å². The molecular weight excluding hydrogens is 312 g/mol. The van der Waals surface area contributed by atoms with Crippen LogP contribution in [0.4, 0.5) is 0 Å². The zero-order valence-corrected chi connectivity index (χ0v) is 14.4. The summed E-state index contributed by atoms with van der Waals surface area (Å²) in [6, 6.07) is 22.6. The van der Waals surface area contributed by atoms with E-state index in [2.05, 4.69) is 0 Å². The van der Waals surface area contributed by atoms with Crippen molar-refractivity contribution >= 4 is 0 Å². The third-order valence-electron chi connectivity index (χ3n) is 4.16. The highest BCUT2D eigenvalue weighted by Crippen LogP contribution is 2.28. The van der Waals surface area contributed by atoms with Gasteiger partial charge in [0.15, 0.2) is 0 Å². The van der Waals surface area contributed by atoms with Gasteiger partial charge in [0.05, 0.1) is 6.10 Å². The van der Waals surface area contributed by atoms with Crippen LogP contribution in [-0.4, -0.2) is 10.2 Å². The smallest absolute Gasteiger partial charge is 0.127 e. The number of aliphatic hydroxyl groups is 2. The topological polar surface area (TPSA) is 49.7 Å². The van der Waals surface area contributed by atoms with Gasteiger partial charge in [0.1, 0.15) is 17.6 Å². The molecule has 0 saturated carbocycles. The van der Waals surface area contributed by atoms with Crippen LogP contribution in [0.25, 0.3) is 0 Å². The molecule has 3 nitrogen and oxygen atoms in total. The van der Waals surface area contributed by atoms with E-state index in [1.165, 1.54) is 5.56 Å². The SMILES string of the molecule is Cc1ccc(Oc2ccc([C@H](O)c3cccc([C@H](C)O)c3)cc2)cc1. The molecule has 3 rings (SSSR count). The van der Waals surface area contributed by atoms with Crippen molar-refractivity contribution in [1.82, 2.24) is 0 Å². The highest BCUT2D eigenvalue weighted by Gasteiger charge is 2.12. The summed E-state index contributed by atoms with van der Waals surface area (Å²) in [4.78, 5) is 0. The maximum atomic E-state index is 10.6. The molecule has 0 aromatic heterocycles. The summed E-state index contributed by atoms with van der Waals surface area (Å²) < 4.78 is 5.81. The minimum absolute atomic E-state index is 0.558. The van der Waals surface area contributed by atoms with E-state index in [1.807, 2.05) is 79.7 Å². The number of hydrogen-bond donors (Lipinski definition) is 2. The van der Waals surface area contributed by atoms with Gasteiger partial charge in [0, 0.05) is 0 Å². The zero-order chi connectivity index (χ0) is 17.8. The minimum atomic E-state index is -0.743. The average Bonchev–Trinajstić information content (AvgIpc) is 2.64. The normalized spacial score (nSPS) is 13.3. The van der Waals surface area contributed by atoms with E-state index in [0.717, 1.165) is 28.2 Å². The summed E-state index contributed by atoms with van der Waals surface area (Å²) >= 11 is 0. The summed E-state index contributed by atoms with van der Waals surface area (Å²) in [5.41, 5.74) is 3.51. The van der Waals surface area contributed by atoms with Gasteiger partial charge in [0.2, 0.25) is 0 Å². The molecule has 0 aliphatic rings. The fourth-order valence-corrected chi connectivity index (χ4v) is 2.64. The Morgan fingerprint density at radius 3 is 1.88 bits per heavy atom. The first-order valence-electron chi connectivity index (χ1n) is 8.33. The molecule has 25 heavy (non-hydrogen) atoms. The van der Waals surface area contributed by atoms with Crippen molar-refractivity contribution in [3.05, 3.63) is 95.1 Å². The van der Waals surface area contributed by atoms with E-state index in [1.54, 1.807) is 6.92 Å². The van der Waals surface area contributed by atoms with Crippen molar-refractivity contribution in [2.75, 3.05) is 0 Å². The number of ether oxygens (including phenoxy) is 1. The molecule has 0 spiro atoms. The summed E-state index contributed by atoms with van der Waals surface area (Å²) in [6.07, 6.45) is -1.30. The molecule has 0 unspecified atom stereocenters. The molecule has 128 valence electrons. The lowest BCUT2D eigenvalue weighted by molar-refractivity contribution is 0.197. The average molecular weight is 334 g/mol. The van der Waals surface area contributed by atoms with Gasteiger partial charge in [-0.25, -0.2) is 0 Å². The maximum Gasteiger partial charge on any atom is 0.127 e. The van der Waals surface area contributed by atoms with Crippen molar-refractivity contribution in [2.24, 2.45) is 0 Å². The second-order valence-electron chi connectivity index (χ2n) is 6.23. The van der Waals surface area contributed by atoms with Crippen molar-refractivity contribution in [3.63, 3.8) is 0 Å². The van der Waals surface area contributed by atoms with Gasteiger partial charge in [-0.2, -0.15) is 0 Å². The third-order valence-corrected chi connectivity index (χ3v) is 4.16. The monoisotopic (exact) mass is 334 g/mol. The Morgan fingerprint density at radius 2 is 1.28 bits per heavy atom. The zero-order valence-electron chi connectivity index (χ0n) is 14.4. The van der Waals surface area contributed by atoms with E-state index < -0.39 is 12.2 Å². The highest BCUT2D eigenvalue weighted by molar-refractivity contribution is 5.38. The number of rotatable bonds is 5. The Balaban J connectivity index is 1.75. The summed E-state index contributed by atoms with van der Waals surface area (Å²) in [6.45, 7) is 3.75. The van der Waals surface area contributed by atoms with E-state index in [4.69, 9.17) is 4.74 Å². The predicted octanol–water partition coefficient (Wildman–Crippen LogP) is 4.92. The number of aliphatic hydroxyl groups excluding tert-OH is 2. The van der Waals surface area contributed by atoms with E-state index in [-0.39, 0.29) is 0 Å². The van der Waals surface area contributed by atoms with Crippen molar-refractivity contribution in [1.29, 1.82) is 0 Å². The lowest BCUT2D eigenvalue weighted by Crippen LogP contribution is -2.01. The second kappa shape index (κ2) is 7.51. The standard InChI is InChI=1S/C22H22O3/c1-15-6-10-20(11-7-15)25-21-12-8-17(9-13-21)22(24)19-5-3-4-18(14-19)16(2)23/h3-14,16,22-24H,1-2H3/t16-,22-/m0/s1. The maximum absolute atomic E-state index is 10.6. The lowest BCUT2D eigenvalue weighted by atomic mass is 9.98. The fraction of sp³-hybridized carbons (Fsp3) is 0.182. The quantitative estimate of drug-likeness (QED) is 0.696. The molecule has 0 radical (unpaired) electrons. The molecule has 0 aliphatic carbocycles. The largest absolute Gasteiger partial charge is 0.457 e. The number of benzene rings is 3. The van der Waals surface area contributed by atoms with Gasteiger partial charge in [-0.1, -0.05) is 54.1 Å². The van der Waals surface area contributed by atoms with Gasteiger partial charge in [0.25, 0.3) is 0 Å². The van der Waals surface area contributed by atoms with Gasteiger partial charge in [-0.05, 0) is 54.8 Å². The van der Waals surface area contributed by atoms with E-state index in [9.17, 15) is 10.2 Å². The first-order valence-corrected chi connectivity index (χ1v) is 8.33. The molecule has 0 fully saturated rings. The van der Waals surface area contributed by atoms with Crippen LogP contribution in [0.1, 0.15) is 41.4 Å². The Hall–Kier alpha value is -2.62. The molecule has 0 aliphatic heterocycles. The Bertz CT molecular complexity index is 821. The Labute approximate surface area is 148 Å². The Morgan fingerprint density at radius 1 is 0.720 bits per heavy atom. The van der Waals surface area contributed by atoms with E-state index in [0.29, 0.717) is 0 Å². The molecular formula is C22H22O3. The molecule has 3 aromatic rings. The van der Waals surface area contributed by atoms with Gasteiger partial charge < -0.3 is 14.9 Å². The fourth-order valence-electron chi connectivity index (χ4n) is 2.64. The van der Waals surface area contributed by atoms with Crippen molar-refractivity contribution < 1.29 is 14.9 Å². The van der Waals surface area contributed by atoms with Gasteiger partial charge in [-0.3, -0.25) is 0 Å². The molecule has 0 bridgehead atoms. The molecule has 0 amide bonds. The van der Waals surface area contributed by atoms with Gasteiger partial charge >= 0.3 is 0 Å². The summed E-state index contributed by atoms with van der Waals surface area (Å²) in [5, 5.41) is 20.3. The van der Waals surface area contributed by atoms with Crippen molar-refractivity contribution in [3.8, 4) is 11.5 Å². The van der Waals surface area contributed by atoms with Crippen LogP contribution in [0.5, 0.6) is 11.5 Å². The van der Waals surface area contributed by atoms with Crippen LogP contribution in [0.3, 0.4) is 0 Å². The van der Waals surface area contributed by atoms with Crippen LogP contribution in [-0.2, 0) is 0 Å². The summed E-state index contributed by atoms with van der Waals surface area (Å²) in [7, 11) is 0. The predicted molar refractivity (Wildman–Crippen MR) is 98.8 cm³/mol. The number of hydrogen-bond acceptors (Lipinski definition) is 3. The van der Waals surface area contributed by atoms with Gasteiger partial charge in [-0.15, -0.1) is 0 Å². The first-order chi connectivity index (χ1) is 12.0. The molecule has 2 atom stereocenters. The minimum Gasteiger partial charge on any atom is -0.457 e. The van der Waals surface area contributed by atoms with Crippen LogP contribution < -0.4 is 4.74 Å². The molecule has 0 heterocycles. The molecule has 0 saturated heterocycles. The second-order valence-corrected chi connectivity index (χ2v) is 6.23. The number of aryl methyl sites for hydroxylation is 1. The third kappa shape index (κ3) is 4.27. The first kappa shape index (κ1) is 17.2. The lowest BCUT2D eigenvalue weighted by Gasteiger charge is -2.14. The van der Waals surface area contributed by atoms with Crippen molar-refractivity contribution in [2.45, 2.75) is 26.1 Å². The summed E-state index contributed by atoms with van der Waals surface area (Å²) in [5.74, 6) is 1.50. The highest BCUT2D eigenvalue weighted by atomic mass is 16.5. The molecule has 3 aromatic carbocycles. The molecule has 3 heteroatoms. The molecule has 2 N–H and O–H groups in total. The Kier molecular flexibility index (Phi) is 5.17. The van der Waals surface area contributed by atoms with Crippen LogP contribution in [0, 0.1) is 6.92 Å².